The fourth-order valence-electron chi connectivity index (χ4n) is 0.961. The highest BCUT2D eigenvalue weighted by Crippen LogP contribution is 2.19. The average Bonchev–Trinajstić information content (AvgIpc) is 2.80. The molecule has 0 amide bonds. The number of carboxylic acid groups (broad SMARTS) is 1. The summed E-state index contributed by atoms with van der Waals surface area (Å²) in [5.41, 5.74) is 0. The molecule has 1 aliphatic rings. The fourth-order valence-corrected chi connectivity index (χ4v) is 0.961. The summed E-state index contributed by atoms with van der Waals surface area (Å²) in [6.45, 7) is 2.69. The Morgan fingerprint density at radius 3 is 2.83 bits per heavy atom. The van der Waals surface area contributed by atoms with Gasteiger partial charge < -0.3 is 9.84 Å². The minimum Gasteiger partial charge on any atom is -0.480 e. The van der Waals surface area contributed by atoms with Crippen molar-refractivity contribution in [1.82, 2.24) is 5.32 Å². The van der Waals surface area contributed by atoms with Crippen LogP contribution < -0.4 is 5.32 Å². The molecule has 0 aromatic rings. The molecule has 1 rings (SSSR count). The van der Waals surface area contributed by atoms with Crippen LogP contribution in [0.25, 0.3) is 0 Å². The molecule has 0 radical (unpaired) electrons. The van der Waals surface area contributed by atoms with E-state index < -0.39 is 12.0 Å². The average molecular weight is 173 g/mol. The van der Waals surface area contributed by atoms with Gasteiger partial charge in [0.2, 0.25) is 0 Å². The van der Waals surface area contributed by atoms with Gasteiger partial charge in [0.1, 0.15) is 6.04 Å². The highest BCUT2D eigenvalue weighted by Gasteiger charge is 2.27. The minimum absolute atomic E-state index is 0.266. The van der Waals surface area contributed by atoms with Gasteiger partial charge in [-0.2, -0.15) is 0 Å². The van der Waals surface area contributed by atoms with Crippen LogP contribution in [0.2, 0.25) is 0 Å². The van der Waals surface area contributed by atoms with Gasteiger partial charge in [-0.05, 0) is 19.8 Å². The quantitative estimate of drug-likeness (QED) is 0.603. The number of aliphatic carboxylic acids is 1. The van der Waals surface area contributed by atoms with E-state index in [0.29, 0.717) is 12.6 Å². The van der Waals surface area contributed by atoms with Gasteiger partial charge >= 0.3 is 5.97 Å². The molecular formula is C8H15NO3. The third-order valence-corrected chi connectivity index (χ3v) is 1.80. The largest absolute Gasteiger partial charge is 0.480 e. The molecule has 0 aromatic heterocycles. The Morgan fingerprint density at radius 1 is 1.75 bits per heavy atom. The third-order valence-electron chi connectivity index (χ3n) is 1.80. The molecule has 0 spiro atoms. The topological polar surface area (TPSA) is 58.6 Å². The van der Waals surface area contributed by atoms with E-state index in [-0.39, 0.29) is 6.61 Å². The van der Waals surface area contributed by atoms with Gasteiger partial charge in [0, 0.05) is 12.6 Å². The number of ether oxygens (including phenoxy) is 1. The highest BCUT2D eigenvalue weighted by molar-refractivity contribution is 5.73. The van der Waals surface area contributed by atoms with Gasteiger partial charge in [-0.15, -0.1) is 0 Å². The molecule has 0 aromatic carbocycles. The van der Waals surface area contributed by atoms with E-state index in [0.717, 1.165) is 12.8 Å². The minimum atomic E-state index is -0.824. The normalized spacial score (nSPS) is 19.1. The SMILES string of the molecule is CCOCC(NC1CC1)C(=O)O. The molecule has 1 atom stereocenters. The molecule has 1 fully saturated rings. The molecule has 0 aliphatic heterocycles. The summed E-state index contributed by atoms with van der Waals surface area (Å²) in [7, 11) is 0. The van der Waals surface area contributed by atoms with Crippen molar-refractivity contribution >= 4 is 5.97 Å². The zero-order valence-corrected chi connectivity index (χ0v) is 7.25. The number of hydrogen-bond donors (Lipinski definition) is 2. The predicted octanol–water partition coefficient (Wildman–Crippen LogP) is 0.228. The predicted molar refractivity (Wildman–Crippen MR) is 44.1 cm³/mol. The Hall–Kier alpha value is -0.610. The van der Waals surface area contributed by atoms with E-state index in [4.69, 9.17) is 9.84 Å². The number of nitrogens with one attached hydrogen (secondary N) is 1. The van der Waals surface area contributed by atoms with Crippen LogP contribution in [-0.2, 0) is 9.53 Å². The van der Waals surface area contributed by atoms with Gasteiger partial charge in [-0.3, -0.25) is 10.1 Å². The number of carbonyl (C=O) groups is 1. The standard InChI is InChI=1S/C8H15NO3/c1-2-12-5-7(8(10)11)9-6-3-4-6/h6-7,9H,2-5H2,1H3,(H,10,11). The summed E-state index contributed by atoms with van der Waals surface area (Å²) in [4.78, 5) is 10.6. The second-order valence-corrected chi connectivity index (χ2v) is 2.99. The fraction of sp³-hybridized carbons (Fsp3) is 0.875. The van der Waals surface area contributed by atoms with Crippen LogP contribution in [0.1, 0.15) is 19.8 Å². The van der Waals surface area contributed by atoms with Crippen molar-refractivity contribution in [3.05, 3.63) is 0 Å². The Balaban J connectivity index is 2.21. The molecule has 1 aliphatic carbocycles. The van der Waals surface area contributed by atoms with E-state index >= 15 is 0 Å². The lowest BCUT2D eigenvalue weighted by molar-refractivity contribution is -0.141. The number of carboxylic acids is 1. The van der Waals surface area contributed by atoms with E-state index in [9.17, 15) is 4.79 Å². The second-order valence-electron chi connectivity index (χ2n) is 2.99. The van der Waals surface area contributed by atoms with Crippen LogP contribution in [0.5, 0.6) is 0 Å². The van der Waals surface area contributed by atoms with Gasteiger partial charge in [-0.25, -0.2) is 0 Å². The Labute approximate surface area is 71.9 Å². The lowest BCUT2D eigenvalue weighted by Gasteiger charge is -2.12. The first kappa shape index (κ1) is 9.48. The van der Waals surface area contributed by atoms with Crippen LogP contribution in [0, 0.1) is 0 Å². The molecule has 4 nitrogen and oxygen atoms in total. The van der Waals surface area contributed by atoms with Gasteiger partial charge in [-0.1, -0.05) is 0 Å². The van der Waals surface area contributed by atoms with Crippen molar-refractivity contribution in [2.75, 3.05) is 13.2 Å². The number of hydrogen-bond acceptors (Lipinski definition) is 3. The third kappa shape index (κ3) is 3.19. The monoisotopic (exact) mass is 173 g/mol. The Morgan fingerprint density at radius 2 is 2.42 bits per heavy atom. The summed E-state index contributed by atoms with van der Waals surface area (Å²) < 4.78 is 5.04. The molecule has 2 N–H and O–H groups in total. The zero-order chi connectivity index (χ0) is 8.97. The zero-order valence-electron chi connectivity index (χ0n) is 7.25. The van der Waals surface area contributed by atoms with E-state index in [2.05, 4.69) is 5.32 Å². The maximum absolute atomic E-state index is 10.6. The van der Waals surface area contributed by atoms with Crippen LogP contribution in [0.3, 0.4) is 0 Å². The second kappa shape index (κ2) is 4.42. The van der Waals surface area contributed by atoms with Crippen LogP contribution in [0.4, 0.5) is 0 Å². The molecular weight excluding hydrogens is 158 g/mol. The van der Waals surface area contributed by atoms with E-state index in [1.54, 1.807) is 0 Å². The number of rotatable bonds is 6. The highest BCUT2D eigenvalue weighted by atomic mass is 16.5. The summed E-state index contributed by atoms with van der Waals surface area (Å²) in [6, 6.07) is -0.121. The van der Waals surface area contributed by atoms with Gasteiger partial charge in [0.25, 0.3) is 0 Å². The first-order valence-electron chi connectivity index (χ1n) is 4.30. The van der Waals surface area contributed by atoms with Gasteiger partial charge in [0.05, 0.1) is 6.61 Å². The molecule has 0 bridgehead atoms. The molecule has 4 heteroatoms. The smallest absolute Gasteiger partial charge is 0.323 e. The van der Waals surface area contributed by atoms with E-state index in [1.165, 1.54) is 0 Å². The molecule has 0 saturated heterocycles. The van der Waals surface area contributed by atoms with Crippen molar-refractivity contribution in [2.45, 2.75) is 31.8 Å². The molecule has 1 unspecified atom stereocenters. The van der Waals surface area contributed by atoms with E-state index in [1.807, 2.05) is 6.92 Å². The van der Waals surface area contributed by atoms with Crippen LogP contribution in [-0.4, -0.2) is 36.4 Å². The van der Waals surface area contributed by atoms with Crippen LogP contribution in [0.15, 0.2) is 0 Å². The Bertz CT molecular complexity index is 156. The van der Waals surface area contributed by atoms with Crippen molar-refractivity contribution in [3.8, 4) is 0 Å². The van der Waals surface area contributed by atoms with Crippen molar-refractivity contribution in [2.24, 2.45) is 0 Å². The molecule has 0 heterocycles. The molecule has 12 heavy (non-hydrogen) atoms. The molecule has 1 saturated carbocycles. The van der Waals surface area contributed by atoms with Gasteiger partial charge in [0.15, 0.2) is 0 Å². The van der Waals surface area contributed by atoms with Crippen molar-refractivity contribution < 1.29 is 14.6 Å². The lowest BCUT2D eigenvalue weighted by Crippen LogP contribution is -2.41. The lowest BCUT2D eigenvalue weighted by atomic mass is 10.3. The summed E-state index contributed by atoms with van der Waals surface area (Å²) in [5, 5.41) is 11.7. The Kier molecular flexibility index (Phi) is 3.49. The maximum Gasteiger partial charge on any atom is 0.323 e. The first-order chi connectivity index (χ1) is 5.74. The first-order valence-corrected chi connectivity index (χ1v) is 4.30. The maximum atomic E-state index is 10.6. The van der Waals surface area contributed by atoms with Crippen LogP contribution >= 0.6 is 0 Å². The van der Waals surface area contributed by atoms with Crippen molar-refractivity contribution in [3.63, 3.8) is 0 Å². The molecule has 70 valence electrons. The summed E-state index contributed by atoms with van der Waals surface area (Å²) in [6.07, 6.45) is 2.19. The summed E-state index contributed by atoms with van der Waals surface area (Å²) in [5.74, 6) is -0.824. The van der Waals surface area contributed by atoms with Crippen molar-refractivity contribution in [1.29, 1.82) is 0 Å². The summed E-state index contributed by atoms with van der Waals surface area (Å²) >= 11 is 0.